The fourth-order valence-electron chi connectivity index (χ4n) is 4.07. The summed E-state index contributed by atoms with van der Waals surface area (Å²) >= 11 is 0. The smallest absolute Gasteiger partial charge is 0.223 e. The Bertz CT molecular complexity index is 588. The summed E-state index contributed by atoms with van der Waals surface area (Å²) in [5.74, 6) is 2.24. The quantitative estimate of drug-likeness (QED) is 0.599. The molecule has 2 aliphatic carbocycles. The lowest BCUT2D eigenvalue weighted by molar-refractivity contribution is -0.125. The Hall–Kier alpha value is -1.59. The number of aliphatic hydroxyl groups is 1. The van der Waals surface area contributed by atoms with Gasteiger partial charge in [0.15, 0.2) is 0 Å². The molecule has 5 nitrogen and oxygen atoms in total. The van der Waals surface area contributed by atoms with Gasteiger partial charge in [0.25, 0.3) is 0 Å². The number of hydrogen-bond donors (Lipinski definition) is 3. The first-order valence-corrected chi connectivity index (χ1v) is 10.5. The van der Waals surface area contributed by atoms with Gasteiger partial charge in [-0.05, 0) is 76.6 Å². The van der Waals surface area contributed by atoms with E-state index in [1.165, 1.54) is 18.4 Å². The summed E-state index contributed by atoms with van der Waals surface area (Å²) in [6.45, 7) is 5.07. The van der Waals surface area contributed by atoms with Crippen LogP contribution >= 0.6 is 0 Å². The Morgan fingerprint density at radius 2 is 2.11 bits per heavy atom. The molecule has 3 atom stereocenters. The van der Waals surface area contributed by atoms with E-state index in [0.29, 0.717) is 18.4 Å². The van der Waals surface area contributed by atoms with Crippen LogP contribution in [0.1, 0.15) is 45.4 Å². The number of piperidine rings is 1. The van der Waals surface area contributed by atoms with Crippen molar-refractivity contribution < 1.29 is 14.6 Å². The summed E-state index contributed by atoms with van der Waals surface area (Å²) in [4.78, 5) is 12.1. The Morgan fingerprint density at radius 3 is 2.74 bits per heavy atom. The van der Waals surface area contributed by atoms with E-state index >= 15 is 0 Å². The highest BCUT2D eigenvalue weighted by Crippen LogP contribution is 2.33. The van der Waals surface area contributed by atoms with Crippen molar-refractivity contribution >= 4 is 5.91 Å². The first-order chi connectivity index (χ1) is 13.1. The highest BCUT2D eigenvalue weighted by Gasteiger charge is 2.25. The van der Waals surface area contributed by atoms with Gasteiger partial charge in [0.2, 0.25) is 5.91 Å². The molecule has 0 saturated carbocycles. The van der Waals surface area contributed by atoms with Crippen LogP contribution in [-0.2, 0) is 9.53 Å². The topological polar surface area (TPSA) is 70.6 Å². The zero-order valence-corrected chi connectivity index (χ0v) is 16.5. The monoisotopic (exact) mass is 374 g/mol. The number of allylic oxidation sites excluding steroid dienone is 5. The lowest BCUT2D eigenvalue weighted by atomic mass is 9.81. The number of carbonyl (C=O) groups is 1. The molecule has 3 N–H and O–H groups in total. The lowest BCUT2D eigenvalue weighted by Crippen LogP contribution is -2.36. The third-order valence-corrected chi connectivity index (χ3v) is 5.87. The van der Waals surface area contributed by atoms with Crippen molar-refractivity contribution in [2.75, 3.05) is 26.2 Å². The molecule has 5 heteroatoms. The molecule has 1 aliphatic heterocycles. The van der Waals surface area contributed by atoms with Crippen LogP contribution in [0.4, 0.5) is 0 Å². The molecule has 3 aliphatic rings. The molecule has 1 amide bonds. The van der Waals surface area contributed by atoms with E-state index in [1.54, 1.807) is 6.92 Å². The van der Waals surface area contributed by atoms with Gasteiger partial charge in [-0.1, -0.05) is 17.7 Å². The van der Waals surface area contributed by atoms with Gasteiger partial charge in [0.05, 0.1) is 12.7 Å². The molecule has 0 aromatic carbocycles. The van der Waals surface area contributed by atoms with Gasteiger partial charge in [0, 0.05) is 18.4 Å². The Morgan fingerprint density at radius 1 is 1.30 bits per heavy atom. The minimum atomic E-state index is -0.492. The fraction of sp³-hybridized carbons (Fsp3) is 0.682. The lowest BCUT2D eigenvalue weighted by Gasteiger charge is -2.27. The third kappa shape index (κ3) is 6.22. The third-order valence-electron chi connectivity index (χ3n) is 5.87. The number of amides is 1. The summed E-state index contributed by atoms with van der Waals surface area (Å²) in [6, 6.07) is 0. The number of nitrogens with one attached hydrogen (secondary N) is 2. The van der Waals surface area contributed by atoms with Crippen molar-refractivity contribution in [2.45, 2.75) is 51.6 Å². The van der Waals surface area contributed by atoms with E-state index in [0.717, 1.165) is 51.1 Å². The average molecular weight is 375 g/mol. The van der Waals surface area contributed by atoms with E-state index in [4.69, 9.17) is 4.74 Å². The maximum atomic E-state index is 12.1. The first kappa shape index (κ1) is 20.2. The van der Waals surface area contributed by atoms with Crippen LogP contribution in [0.25, 0.3) is 0 Å². The van der Waals surface area contributed by atoms with Crippen molar-refractivity contribution in [1.82, 2.24) is 10.6 Å². The normalized spacial score (nSPS) is 27.5. The summed E-state index contributed by atoms with van der Waals surface area (Å²) in [5, 5.41) is 15.5. The van der Waals surface area contributed by atoms with Gasteiger partial charge in [-0.15, -0.1) is 0 Å². The number of aliphatic hydroxyl groups excluding tert-OH is 1. The van der Waals surface area contributed by atoms with Crippen LogP contribution in [0.3, 0.4) is 0 Å². The molecular weight excluding hydrogens is 340 g/mol. The number of carbonyl (C=O) groups excluding carboxylic acids is 1. The molecule has 1 heterocycles. The zero-order valence-electron chi connectivity index (χ0n) is 16.5. The predicted molar refractivity (Wildman–Crippen MR) is 107 cm³/mol. The van der Waals surface area contributed by atoms with Crippen LogP contribution in [0, 0.1) is 17.8 Å². The van der Waals surface area contributed by atoms with Crippen molar-refractivity contribution in [1.29, 1.82) is 0 Å². The Balaban J connectivity index is 1.41. The first-order valence-electron chi connectivity index (χ1n) is 10.5. The van der Waals surface area contributed by atoms with Crippen LogP contribution in [-0.4, -0.2) is 43.4 Å². The van der Waals surface area contributed by atoms with Crippen molar-refractivity contribution in [3.8, 4) is 0 Å². The van der Waals surface area contributed by atoms with E-state index < -0.39 is 6.10 Å². The van der Waals surface area contributed by atoms with Crippen LogP contribution in [0.15, 0.2) is 35.6 Å². The van der Waals surface area contributed by atoms with E-state index in [9.17, 15) is 9.90 Å². The highest BCUT2D eigenvalue weighted by molar-refractivity contribution is 5.79. The minimum absolute atomic E-state index is 0.0412. The van der Waals surface area contributed by atoms with Gasteiger partial charge >= 0.3 is 0 Å². The van der Waals surface area contributed by atoms with E-state index in [1.807, 2.05) is 0 Å². The molecule has 1 fully saturated rings. The van der Waals surface area contributed by atoms with Gasteiger partial charge < -0.3 is 20.5 Å². The molecule has 0 spiro atoms. The summed E-state index contributed by atoms with van der Waals surface area (Å²) in [6.07, 6.45) is 14.4. The molecule has 3 rings (SSSR count). The zero-order chi connectivity index (χ0) is 19.1. The highest BCUT2D eigenvalue weighted by atomic mass is 16.5. The standard InChI is InChI=1S/C22H34N2O3/c1-16(25)14-24-22(26)20-4-2-18(3-5-20)19-6-8-21(9-7-19)27-15-17-10-12-23-13-11-17/h2,6,8-9,16-17,19-20,23,25H,3-5,7,10-15H2,1H3,(H,24,26)/t16-,19?,20?/m0/s1. The van der Waals surface area contributed by atoms with Gasteiger partial charge in [0.1, 0.15) is 5.76 Å². The van der Waals surface area contributed by atoms with E-state index in [2.05, 4.69) is 34.9 Å². The summed E-state index contributed by atoms with van der Waals surface area (Å²) in [7, 11) is 0. The maximum absolute atomic E-state index is 12.1. The van der Waals surface area contributed by atoms with Gasteiger partial charge in [-0.2, -0.15) is 0 Å². The molecule has 2 unspecified atom stereocenters. The van der Waals surface area contributed by atoms with Crippen LogP contribution < -0.4 is 10.6 Å². The molecule has 0 bridgehead atoms. The molecule has 150 valence electrons. The fourth-order valence-corrected chi connectivity index (χ4v) is 4.07. The van der Waals surface area contributed by atoms with Crippen molar-refractivity contribution in [3.63, 3.8) is 0 Å². The predicted octanol–water partition coefficient (Wildman–Crippen LogP) is 2.69. The number of ether oxygens (including phenoxy) is 1. The van der Waals surface area contributed by atoms with Gasteiger partial charge in [-0.25, -0.2) is 0 Å². The second-order valence-electron chi connectivity index (χ2n) is 8.16. The molecule has 1 saturated heterocycles. The van der Waals surface area contributed by atoms with E-state index in [-0.39, 0.29) is 11.8 Å². The van der Waals surface area contributed by atoms with Crippen LogP contribution in [0.2, 0.25) is 0 Å². The second kappa shape index (κ2) is 10.1. The van der Waals surface area contributed by atoms with Crippen molar-refractivity contribution in [2.24, 2.45) is 17.8 Å². The summed E-state index contributed by atoms with van der Waals surface area (Å²) in [5.41, 5.74) is 1.44. The minimum Gasteiger partial charge on any atom is -0.494 e. The van der Waals surface area contributed by atoms with Crippen LogP contribution in [0.5, 0.6) is 0 Å². The Labute approximate surface area is 162 Å². The number of rotatable bonds is 7. The van der Waals surface area contributed by atoms with Gasteiger partial charge in [-0.3, -0.25) is 4.79 Å². The molecule has 0 aromatic rings. The molecule has 0 aromatic heterocycles. The molecule has 0 radical (unpaired) electrons. The molecular formula is C22H34N2O3. The number of hydrogen-bond acceptors (Lipinski definition) is 4. The summed E-state index contributed by atoms with van der Waals surface area (Å²) < 4.78 is 6.01. The molecule has 27 heavy (non-hydrogen) atoms. The maximum Gasteiger partial charge on any atom is 0.223 e. The SMILES string of the molecule is C[C@H](O)CNC(=O)C1CC=C(C2C=CC(OCC3CCNCC3)=CC2)CC1. The second-order valence-corrected chi connectivity index (χ2v) is 8.16. The Kier molecular flexibility index (Phi) is 7.53. The average Bonchev–Trinajstić information content (AvgIpc) is 2.72. The largest absolute Gasteiger partial charge is 0.494 e. The van der Waals surface area contributed by atoms with Crippen molar-refractivity contribution in [3.05, 3.63) is 35.6 Å².